The minimum absolute atomic E-state index is 0.162. The number of halogens is 1. The molecular formula is C18H20ClN3O3S. The third-order valence-corrected chi connectivity index (χ3v) is 5.07. The summed E-state index contributed by atoms with van der Waals surface area (Å²) in [5.74, 6) is -0.335. The van der Waals surface area contributed by atoms with Gasteiger partial charge in [0, 0.05) is 31.1 Å². The van der Waals surface area contributed by atoms with Gasteiger partial charge in [0.15, 0.2) is 0 Å². The van der Waals surface area contributed by atoms with Crippen LogP contribution in [0.4, 0.5) is 11.4 Å². The van der Waals surface area contributed by atoms with Crippen molar-refractivity contribution in [2.24, 2.45) is 0 Å². The standard InChI is InChI=1S/C18H20ClN3O3S/c19-13-3-4-15(22-7-9-25-10-8-22)14(12-13)21-17(23)5-6-20-18(24)16-2-1-11-26-16/h1-4,11-12H,5-10H2,(H,20,24)(H,21,23). The molecule has 1 aliphatic rings. The van der Waals surface area contributed by atoms with E-state index >= 15 is 0 Å². The summed E-state index contributed by atoms with van der Waals surface area (Å²) in [7, 11) is 0. The van der Waals surface area contributed by atoms with Crippen LogP contribution < -0.4 is 15.5 Å². The van der Waals surface area contributed by atoms with E-state index in [0.717, 1.165) is 18.8 Å². The van der Waals surface area contributed by atoms with Gasteiger partial charge in [0.25, 0.3) is 5.91 Å². The molecule has 1 aliphatic heterocycles. The lowest BCUT2D eigenvalue weighted by molar-refractivity contribution is -0.116. The molecular weight excluding hydrogens is 374 g/mol. The monoisotopic (exact) mass is 393 g/mol. The van der Waals surface area contributed by atoms with Gasteiger partial charge in [-0.2, -0.15) is 0 Å². The first kappa shape index (κ1) is 18.7. The molecule has 2 N–H and O–H groups in total. The normalized spacial score (nSPS) is 14.1. The number of nitrogens with one attached hydrogen (secondary N) is 2. The number of carbonyl (C=O) groups excluding carboxylic acids is 2. The van der Waals surface area contributed by atoms with Gasteiger partial charge in [-0.25, -0.2) is 0 Å². The van der Waals surface area contributed by atoms with Crippen LogP contribution in [0.3, 0.4) is 0 Å². The van der Waals surface area contributed by atoms with E-state index in [2.05, 4.69) is 15.5 Å². The van der Waals surface area contributed by atoms with Crippen LogP contribution in [0.15, 0.2) is 35.7 Å². The number of thiophene rings is 1. The van der Waals surface area contributed by atoms with E-state index in [4.69, 9.17) is 16.3 Å². The molecule has 1 fully saturated rings. The Morgan fingerprint density at radius 3 is 2.77 bits per heavy atom. The van der Waals surface area contributed by atoms with Gasteiger partial charge in [0.05, 0.1) is 29.5 Å². The van der Waals surface area contributed by atoms with Gasteiger partial charge >= 0.3 is 0 Å². The lowest BCUT2D eigenvalue weighted by atomic mass is 10.2. The van der Waals surface area contributed by atoms with Gasteiger partial charge in [-0.05, 0) is 29.6 Å². The summed E-state index contributed by atoms with van der Waals surface area (Å²) in [6.07, 6.45) is 0.187. The molecule has 138 valence electrons. The molecule has 0 spiro atoms. The molecule has 0 radical (unpaired) electrons. The third kappa shape index (κ3) is 4.97. The maximum atomic E-state index is 12.3. The fourth-order valence-electron chi connectivity index (χ4n) is 2.69. The number of ether oxygens (including phenoxy) is 1. The Hall–Kier alpha value is -2.09. The molecule has 0 atom stereocenters. The molecule has 1 aromatic heterocycles. The molecule has 0 unspecified atom stereocenters. The van der Waals surface area contributed by atoms with Crippen molar-refractivity contribution in [1.82, 2.24) is 5.32 Å². The highest BCUT2D eigenvalue weighted by Gasteiger charge is 2.16. The Balaban J connectivity index is 1.56. The SMILES string of the molecule is O=C(CCNC(=O)c1cccs1)Nc1cc(Cl)ccc1N1CCOCC1. The predicted octanol–water partition coefficient (Wildman–Crippen LogP) is 3.00. The van der Waals surface area contributed by atoms with Crippen molar-refractivity contribution in [3.8, 4) is 0 Å². The van der Waals surface area contributed by atoms with Crippen LogP contribution in [-0.2, 0) is 9.53 Å². The van der Waals surface area contributed by atoms with Crippen molar-refractivity contribution in [1.29, 1.82) is 0 Å². The lowest BCUT2D eigenvalue weighted by Gasteiger charge is -2.30. The number of nitrogens with zero attached hydrogens (tertiary/aromatic N) is 1. The molecule has 8 heteroatoms. The van der Waals surface area contributed by atoms with E-state index in [-0.39, 0.29) is 24.8 Å². The molecule has 1 saturated heterocycles. The number of anilines is 2. The third-order valence-electron chi connectivity index (χ3n) is 3.97. The smallest absolute Gasteiger partial charge is 0.261 e. The van der Waals surface area contributed by atoms with Crippen molar-refractivity contribution >= 4 is 46.1 Å². The Bertz CT molecular complexity index is 761. The zero-order chi connectivity index (χ0) is 18.4. The second-order valence-corrected chi connectivity index (χ2v) is 7.18. The quantitative estimate of drug-likeness (QED) is 0.791. The minimum atomic E-state index is -0.173. The summed E-state index contributed by atoms with van der Waals surface area (Å²) in [5.41, 5.74) is 1.60. The highest BCUT2D eigenvalue weighted by atomic mass is 35.5. The first-order chi connectivity index (χ1) is 12.6. The summed E-state index contributed by atoms with van der Waals surface area (Å²) < 4.78 is 5.38. The van der Waals surface area contributed by atoms with E-state index in [9.17, 15) is 9.59 Å². The van der Waals surface area contributed by atoms with Crippen LogP contribution in [0.1, 0.15) is 16.1 Å². The number of amides is 2. The van der Waals surface area contributed by atoms with Crippen LogP contribution in [0.25, 0.3) is 0 Å². The minimum Gasteiger partial charge on any atom is -0.378 e. The molecule has 0 aliphatic carbocycles. The van der Waals surface area contributed by atoms with Crippen molar-refractivity contribution in [2.45, 2.75) is 6.42 Å². The van der Waals surface area contributed by atoms with Gasteiger partial charge in [-0.15, -0.1) is 11.3 Å². The first-order valence-corrected chi connectivity index (χ1v) is 9.63. The van der Waals surface area contributed by atoms with Crippen LogP contribution in [0.2, 0.25) is 5.02 Å². The van der Waals surface area contributed by atoms with E-state index in [1.807, 2.05) is 23.6 Å². The second kappa shape index (κ2) is 9.02. The van der Waals surface area contributed by atoms with Gasteiger partial charge in [-0.3, -0.25) is 9.59 Å². The predicted molar refractivity (Wildman–Crippen MR) is 104 cm³/mol. The fourth-order valence-corrected chi connectivity index (χ4v) is 3.50. The van der Waals surface area contributed by atoms with E-state index in [1.54, 1.807) is 12.1 Å². The van der Waals surface area contributed by atoms with E-state index in [0.29, 0.717) is 28.8 Å². The summed E-state index contributed by atoms with van der Waals surface area (Å²) in [6.45, 7) is 3.12. The molecule has 0 saturated carbocycles. The molecule has 6 nitrogen and oxygen atoms in total. The molecule has 26 heavy (non-hydrogen) atoms. The van der Waals surface area contributed by atoms with Gasteiger partial charge < -0.3 is 20.3 Å². The van der Waals surface area contributed by atoms with E-state index < -0.39 is 0 Å². The van der Waals surface area contributed by atoms with Crippen LogP contribution in [0, 0.1) is 0 Å². The van der Waals surface area contributed by atoms with Crippen molar-refractivity contribution < 1.29 is 14.3 Å². The molecule has 2 aromatic rings. The van der Waals surface area contributed by atoms with E-state index in [1.165, 1.54) is 11.3 Å². The summed E-state index contributed by atoms with van der Waals surface area (Å²) in [6, 6.07) is 9.03. The zero-order valence-corrected chi connectivity index (χ0v) is 15.7. The number of morpholine rings is 1. The average Bonchev–Trinajstić information content (AvgIpc) is 3.17. The van der Waals surface area contributed by atoms with Crippen molar-refractivity contribution in [3.05, 3.63) is 45.6 Å². The molecule has 2 amide bonds. The van der Waals surface area contributed by atoms with Crippen LogP contribution in [0.5, 0.6) is 0 Å². The highest BCUT2D eigenvalue weighted by Crippen LogP contribution is 2.30. The Morgan fingerprint density at radius 2 is 2.04 bits per heavy atom. The fraction of sp³-hybridized carbons (Fsp3) is 0.333. The summed E-state index contributed by atoms with van der Waals surface area (Å²) in [4.78, 5) is 27.0. The Labute approximate surface area is 161 Å². The first-order valence-electron chi connectivity index (χ1n) is 8.37. The summed E-state index contributed by atoms with van der Waals surface area (Å²) in [5, 5.41) is 8.05. The Morgan fingerprint density at radius 1 is 1.23 bits per heavy atom. The van der Waals surface area contributed by atoms with Gasteiger partial charge in [0.1, 0.15) is 0 Å². The second-order valence-electron chi connectivity index (χ2n) is 5.79. The highest BCUT2D eigenvalue weighted by molar-refractivity contribution is 7.12. The number of rotatable bonds is 6. The topological polar surface area (TPSA) is 70.7 Å². The van der Waals surface area contributed by atoms with Gasteiger partial charge in [-0.1, -0.05) is 17.7 Å². The summed E-state index contributed by atoms with van der Waals surface area (Å²) >= 11 is 7.46. The van der Waals surface area contributed by atoms with Gasteiger partial charge in [0.2, 0.25) is 5.91 Å². The average molecular weight is 394 g/mol. The Kier molecular flexibility index (Phi) is 6.49. The maximum absolute atomic E-state index is 12.3. The van der Waals surface area contributed by atoms with Crippen LogP contribution >= 0.6 is 22.9 Å². The number of hydrogen-bond donors (Lipinski definition) is 2. The molecule has 3 rings (SSSR count). The van der Waals surface area contributed by atoms with Crippen molar-refractivity contribution in [2.75, 3.05) is 43.1 Å². The zero-order valence-electron chi connectivity index (χ0n) is 14.2. The lowest BCUT2D eigenvalue weighted by Crippen LogP contribution is -2.36. The van der Waals surface area contributed by atoms with Crippen LogP contribution in [-0.4, -0.2) is 44.7 Å². The molecule has 0 bridgehead atoms. The number of carbonyl (C=O) groups is 2. The largest absolute Gasteiger partial charge is 0.378 e. The molecule has 1 aromatic carbocycles. The maximum Gasteiger partial charge on any atom is 0.261 e. The van der Waals surface area contributed by atoms with Crippen molar-refractivity contribution in [3.63, 3.8) is 0 Å². The number of hydrogen-bond acceptors (Lipinski definition) is 5. The number of benzene rings is 1. The molecule has 2 heterocycles.